The highest BCUT2D eigenvalue weighted by Crippen LogP contribution is 2.13. The summed E-state index contributed by atoms with van der Waals surface area (Å²) in [6, 6.07) is 0. The van der Waals surface area contributed by atoms with E-state index >= 15 is 0 Å². The fourth-order valence-corrected chi connectivity index (χ4v) is 1.05. The molecule has 0 amide bonds. The van der Waals surface area contributed by atoms with Gasteiger partial charge in [0.15, 0.2) is 5.82 Å². The van der Waals surface area contributed by atoms with Crippen molar-refractivity contribution in [1.29, 1.82) is 0 Å². The molecule has 0 radical (unpaired) electrons. The second kappa shape index (κ2) is 2.33. The van der Waals surface area contributed by atoms with Gasteiger partial charge in [-0.1, -0.05) is 0 Å². The van der Waals surface area contributed by atoms with E-state index in [1.165, 1.54) is 0 Å². The zero-order valence-corrected chi connectivity index (χ0v) is 6.52. The number of nitrogens with zero attached hydrogens (tertiary/aromatic N) is 4. The van der Waals surface area contributed by atoms with Crippen molar-refractivity contribution < 1.29 is 0 Å². The molecule has 0 aromatic carbocycles. The Morgan fingerprint density at radius 3 is 3.17 bits per heavy atom. The fourth-order valence-electron chi connectivity index (χ4n) is 1.05. The Labute approximate surface area is 68.4 Å². The van der Waals surface area contributed by atoms with Crippen LogP contribution in [0.4, 0.5) is 5.82 Å². The minimum absolute atomic E-state index is 0.349. The second-order valence-corrected chi connectivity index (χ2v) is 2.30. The van der Waals surface area contributed by atoms with Crippen molar-refractivity contribution >= 4 is 16.9 Å². The first-order chi connectivity index (χ1) is 5.83. The molecule has 0 aliphatic heterocycles. The first kappa shape index (κ1) is 6.84. The molecule has 0 saturated heterocycles. The van der Waals surface area contributed by atoms with Crippen LogP contribution in [0.1, 0.15) is 0 Å². The molecule has 0 atom stereocenters. The van der Waals surface area contributed by atoms with Crippen LogP contribution in [0, 0.1) is 0 Å². The van der Waals surface area contributed by atoms with Crippen LogP contribution in [0.5, 0.6) is 0 Å². The average Bonchev–Trinajstić information content (AvgIpc) is 2.49. The number of hydrogen-bond acceptors (Lipinski definition) is 5. The van der Waals surface area contributed by atoms with Gasteiger partial charge in [0.05, 0.1) is 6.20 Å². The molecule has 0 aliphatic rings. The molecule has 2 heterocycles. The molecule has 0 bridgehead atoms. The van der Waals surface area contributed by atoms with Gasteiger partial charge in [-0.2, -0.15) is 5.10 Å². The van der Waals surface area contributed by atoms with Gasteiger partial charge in [-0.25, -0.2) is 9.66 Å². The lowest BCUT2D eigenvalue weighted by atomic mass is 10.4. The molecule has 2 aromatic heterocycles. The highest BCUT2D eigenvalue weighted by atomic mass is 15.4. The Morgan fingerprint density at radius 2 is 2.42 bits per heavy atom. The van der Waals surface area contributed by atoms with Crippen LogP contribution in [0.25, 0.3) is 11.0 Å². The monoisotopic (exact) mass is 164 g/mol. The molecule has 12 heavy (non-hydrogen) atoms. The van der Waals surface area contributed by atoms with Gasteiger partial charge in [0, 0.05) is 7.05 Å². The van der Waals surface area contributed by atoms with E-state index in [0.717, 1.165) is 5.52 Å². The molecule has 0 saturated carbocycles. The van der Waals surface area contributed by atoms with Crippen molar-refractivity contribution in [3.63, 3.8) is 0 Å². The van der Waals surface area contributed by atoms with Crippen LogP contribution in [-0.4, -0.2) is 26.9 Å². The predicted molar refractivity (Wildman–Crippen MR) is 45.0 cm³/mol. The smallest absolute Gasteiger partial charge is 0.174 e. The number of nitrogens with one attached hydrogen (secondary N) is 1. The number of anilines is 1. The Kier molecular flexibility index (Phi) is 1.33. The van der Waals surface area contributed by atoms with Crippen LogP contribution >= 0.6 is 0 Å². The first-order valence-corrected chi connectivity index (χ1v) is 3.45. The lowest BCUT2D eigenvalue weighted by molar-refractivity contribution is 0.947. The molecular weight excluding hydrogens is 156 g/mol. The fraction of sp³-hybridized carbons (Fsp3) is 0.167. The summed E-state index contributed by atoms with van der Waals surface area (Å²) >= 11 is 0. The van der Waals surface area contributed by atoms with Gasteiger partial charge in [-0.3, -0.25) is 0 Å². The number of rotatable bonds is 1. The van der Waals surface area contributed by atoms with Gasteiger partial charge < -0.3 is 11.2 Å². The van der Waals surface area contributed by atoms with E-state index in [9.17, 15) is 0 Å². The molecule has 3 N–H and O–H groups in total. The summed E-state index contributed by atoms with van der Waals surface area (Å²) in [5.41, 5.74) is 9.95. The second-order valence-electron chi connectivity index (χ2n) is 2.30. The standard InChI is InChI=1S/C6H8N6/c1-8-12-3-9-5-4(12)2-10-11-6(5)7/h2-3,8H,1H3,(H2,7,11). The number of nitrogens with two attached hydrogens (primary N) is 1. The summed E-state index contributed by atoms with van der Waals surface area (Å²) in [6.07, 6.45) is 3.24. The molecule has 0 unspecified atom stereocenters. The molecule has 0 spiro atoms. The van der Waals surface area contributed by atoms with E-state index in [2.05, 4.69) is 20.6 Å². The van der Waals surface area contributed by atoms with E-state index < -0.39 is 0 Å². The Bertz CT molecular complexity index is 405. The maximum absolute atomic E-state index is 5.55. The minimum Gasteiger partial charge on any atom is -0.380 e. The SMILES string of the molecule is CNn1cnc2c(N)nncc21. The van der Waals surface area contributed by atoms with E-state index in [-0.39, 0.29) is 0 Å². The van der Waals surface area contributed by atoms with Crippen LogP contribution < -0.4 is 11.2 Å². The van der Waals surface area contributed by atoms with Crippen LogP contribution in [0.15, 0.2) is 12.5 Å². The lowest BCUT2D eigenvalue weighted by Crippen LogP contribution is -2.06. The normalized spacial score (nSPS) is 10.4. The average molecular weight is 164 g/mol. The molecule has 6 nitrogen and oxygen atoms in total. The molecular formula is C6H8N6. The van der Waals surface area contributed by atoms with Crippen molar-refractivity contribution in [1.82, 2.24) is 19.9 Å². The summed E-state index contributed by atoms with van der Waals surface area (Å²) in [6.45, 7) is 0. The molecule has 62 valence electrons. The third kappa shape index (κ3) is 0.777. The van der Waals surface area contributed by atoms with Gasteiger partial charge in [-0.15, -0.1) is 5.10 Å². The van der Waals surface area contributed by atoms with Gasteiger partial charge in [-0.05, 0) is 0 Å². The number of aromatic nitrogens is 4. The quantitative estimate of drug-likeness (QED) is 0.598. The van der Waals surface area contributed by atoms with Crippen LogP contribution in [-0.2, 0) is 0 Å². The summed E-state index contributed by atoms with van der Waals surface area (Å²) in [5, 5.41) is 7.40. The van der Waals surface area contributed by atoms with Crippen LogP contribution in [0.2, 0.25) is 0 Å². The molecule has 2 aromatic rings. The highest BCUT2D eigenvalue weighted by Gasteiger charge is 2.04. The van der Waals surface area contributed by atoms with Crippen molar-refractivity contribution in [2.75, 3.05) is 18.2 Å². The Hall–Kier alpha value is -1.85. The van der Waals surface area contributed by atoms with E-state index in [0.29, 0.717) is 11.3 Å². The lowest BCUT2D eigenvalue weighted by Gasteiger charge is -1.99. The number of hydrogen-bond donors (Lipinski definition) is 2. The molecule has 2 rings (SSSR count). The van der Waals surface area contributed by atoms with Gasteiger partial charge >= 0.3 is 0 Å². The number of fused-ring (bicyclic) bond motifs is 1. The van der Waals surface area contributed by atoms with Crippen molar-refractivity contribution in [3.05, 3.63) is 12.5 Å². The third-order valence-corrected chi connectivity index (χ3v) is 1.63. The van der Waals surface area contributed by atoms with Gasteiger partial charge in [0.1, 0.15) is 17.4 Å². The maximum Gasteiger partial charge on any atom is 0.174 e. The van der Waals surface area contributed by atoms with E-state index in [1.54, 1.807) is 24.2 Å². The number of imidazole rings is 1. The van der Waals surface area contributed by atoms with E-state index in [1.807, 2.05) is 0 Å². The first-order valence-electron chi connectivity index (χ1n) is 3.45. The zero-order chi connectivity index (χ0) is 8.55. The van der Waals surface area contributed by atoms with Gasteiger partial charge in [0.25, 0.3) is 0 Å². The van der Waals surface area contributed by atoms with Crippen molar-refractivity contribution in [3.8, 4) is 0 Å². The van der Waals surface area contributed by atoms with E-state index in [4.69, 9.17) is 5.73 Å². The number of nitrogen functional groups attached to an aromatic ring is 1. The van der Waals surface area contributed by atoms with Crippen LogP contribution in [0.3, 0.4) is 0 Å². The summed E-state index contributed by atoms with van der Waals surface area (Å²) in [7, 11) is 1.79. The van der Waals surface area contributed by atoms with Crippen molar-refractivity contribution in [2.45, 2.75) is 0 Å². The third-order valence-electron chi connectivity index (χ3n) is 1.63. The Balaban J connectivity index is 2.80. The summed E-state index contributed by atoms with van der Waals surface area (Å²) in [4.78, 5) is 4.06. The van der Waals surface area contributed by atoms with Gasteiger partial charge in [0.2, 0.25) is 0 Å². The minimum atomic E-state index is 0.349. The Morgan fingerprint density at radius 1 is 1.58 bits per heavy atom. The zero-order valence-electron chi connectivity index (χ0n) is 6.52. The summed E-state index contributed by atoms with van der Waals surface area (Å²) in [5.74, 6) is 0.349. The van der Waals surface area contributed by atoms with Crippen molar-refractivity contribution in [2.24, 2.45) is 0 Å². The predicted octanol–water partition coefficient (Wildman–Crippen LogP) is -0.418. The largest absolute Gasteiger partial charge is 0.380 e. The maximum atomic E-state index is 5.55. The molecule has 6 heteroatoms. The molecule has 0 aliphatic carbocycles. The molecule has 0 fully saturated rings. The summed E-state index contributed by atoms with van der Waals surface area (Å²) < 4.78 is 1.72. The topological polar surface area (TPSA) is 81.7 Å². The highest BCUT2D eigenvalue weighted by molar-refractivity contribution is 5.83.